The first kappa shape index (κ1) is 13.5. The lowest BCUT2D eigenvalue weighted by molar-refractivity contribution is 0.0583. The number of carbonyl (C=O) groups excluding carboxylic acids is 1. The van der Waals surface area contributed by atoms with E-state index in [4.69, 9.17) is 4.74 Å². The molecule has 2 rings (SSSR count). The van der Waals surface area contributed by atoms with Gasteiger partial charge in [0.1, 0.15) is 5.82 Å². The molecule has 1 aliphatic heterocycles. The fourth-order valence-corrected chi connectivity index (χ4v) is 2.42. The lowest BCUT2D eigenvalue weighted by atomic mass is 10.1. The largest absolute Gasteiger partial charge is 0.376 e. The van der Waals surface area contributed by atoms with Gasteiger partial charge in [-0.05, 0) is 40.9 Å². The quantitative estimate of drug-likeness (QED) is 0.858. The van der Waals surface area contributed by atoms with E-state index in [0.29, 0.717) is 11.0 Å². The first-order valence-corrected chi connectivity index (χ1v) is 6.70. The van der Waals surface area contributed by atoms with Crippen LogP contribution in [0.5, 0.6) is 0 Å². The molecule has 18 heavy (non-hydrogen) atoms. The molecule has 1 unspecified atom stereocenters. The zero-order valence-corrected chi connectivity index (χ0v) is 11.7. The Morgan fingerprint density at radius 1 is 1.61 bits per heavy atom. The molecule has 1 aromatic rings. The van der Waals surface area contributed by atoms with Crippen molar-refractivity contribution in [2.75, 3.05) is 20.2 Å². The number of amides is 1. The summed E-state index contributed by atoms with van der Waals surface area (Å²) in [7, 11) is 1.67. The second-order valence-corrected chi connectivity index (χ2v) is 5.28. The van der Waals surface area contributed by atoms with Crippen LogP contribution in [0.1, 0.15) is 23.2 Å². The zero-order chi connectivity index (χ0) is 13.1. The average molecular weight is 316 g/mol. The highest BCUT2D eigenvalue weighted by Gasteiger charge is 2.22. The minimum Gasteiger partial charge on any atom is -0.376 e. The Kier molecular flexibility index (Phi) is 4.35. The Labute approximate surface area is 114 Å². The molecule has 1 saturated heterocycles. The second kappa shape index (κ2) is 5.80. The Morgan fingerprint density at radius 3 is 3.06 bits per heavy atom. The van der Waals surface area contributed by atoms with Gasteiger partial charge in [0.25, 0.3) is 5.91 Å². The average Bonchev–Trinajstić information content (AvgIpc) is 2.84. The van der Waals surface area contributed by atoms with Gasteiger partial charge in [0.15, 0.2) is 0 Å². The van der Waals surface area contributed by atoms with Gasteiger partial charge in [-0.25, -0.2) is 4.39 Å². The summed E-state index contributed by atoms with van der Waals surface area (Å²) in [6.07, 6.45) is 2.06. The van der Waals surface area contributed by atoms with E-state index in [1.807, 2.05) is 0 Å². The number of carbonyl (C=O) groups is 1. The van der Waals surface area contributed by atoms with Crippen molar-refractivity contribution in [2.24, 2.45) is 0 Å². The van der Waals surface area contributed by atoms with Gasteiger partial charge in [-0.15, -0.1) is 0 Å². The molecular formula is C13H15BrFNO2. The van der Waals surface area contributed by atoms with E-state index in [2.05, 4.69) is 15.9 Å². The number of ether oxygens (including phenoxy) is 1. The van der Waals surface area contributed by atoms with Gasteiger partial charge >= 0.3 is 0 Å². The van der Waals surface area contributed by atoms with E-state index in [1.54, 1.807) is 19.2 Å². The van der Waals surface area contributed by atoms with E-state index in [-0.39, 0.29) is 17.6 Å². The third kappa shape index (κ3) is 2.90. The minimum absolute atomic E-state index is 0.0779. The van der Waals surface area contributed by atoms with Crippen molar-refractivity contribution in [1.29, 1.82) is 0 Å². The minimum atomic E-state index is -0.512. The van der Waals surface area contributed by atoms with E-state index in [0.717, 1.165) is 19.4 Å². The molecule has 1 aliphatic rings. The summed E-state index contributed by atoms with van der Waals surface area (Å²) in [4.78, 5) is 13.6. The van der Waals surface area contributed by atoms with E-state index in [1.165, 1.54) is 11.0 Å². The van der Waals surface area contributed by atoms with Crippen LogP contribution in [-0.2, 0) is 4.74 Å². The summed E-state index contributed by atoms with van der Waals surface area (Å²) in [6, 6.07) is 4.72. The molecule has 1 amide bonds. The van der Waals surface area contributed by atoms with Crippen LogP contribution >= 0.6 is 15.9 Å². The molecule has 1 atom stereocenters. The molecule has 0 spiro atoms. The summed E-state index contributed by atoms with van der Waals surface area (Å²) in [5, 5.41) is 0. The lowest BCUT2D eigenvalue weighted by Gasteiger charge is -2.21. The normalized spacial score (nSPS) is 18.9. The number of hydrogen-bond acceptors (Lipinski definition) is 2. The molecule has 3 nitrogen and oxygen atoms in total. The van der Waals surface area contributed by atoms with Crippen LogP contribution in [0.3, 0.4) is 0 Å². The molecule has 5 heteroatoms. The number of likely N-dealkylation sites (N-methyl/N-ethyl adjacent to an activating group) is 1. The fraction of sp³-hybridized carbons (Fsp3) is 0.462. The van der Waals surface area contributed by atoms with Gasteiger partial charge in [0.05, 0.1) is 16.1 Å². The van der Waals surface area contributed by atoms with Gasteiger partial charge < -0.3 is 9.64 Å². The smallest absolute Gasteiger partial charge is 0.256 e. The highest BCUT2D eigenvalue weighted by atomic mass is 79.9. The zero-order valence-electron chi connectivity index (χ0n) is 10.2. The monoisotopic (exact) mass is 315 g/mol. The molecule has 1 heterocycles. The molecule has 0 aromatic heterocycles. The maximum Gasteiger partial charge on any atom is 0.256 e. The SMILES string of the molecule is CN(CC1CCCO1)C(=O)c1cccc(Br)c1F. The Hall–Kier alpha value is -0.940. The number of halogens is 2. The number of benzene rings is 1. The maximum absolute atomic E-state index is 13.8. The molecule has 0 bridgehead atoms. The fourth-order valence-electron chi connectivity index (χ4n) is 2.05. The molecule has 1 fully saturated rings. The molecule has 0 aliphatic carbocycles. The van der Waals surface area contributed by atoms with Crippen LogP contribution in [0.4, 0.5) is 4.39 Å². The van der Waals surface area contributed by atoms with Crippen molar-refractivity contribution in [1.82, 2.24) is 4.90 Å². The molecule has 0 N–H and O–H groups in total. The van der Waals surface area contributed by atoms with E-state index in [9.17, 15) is 9.18 Å². The molecule has 0 radical (unpaired) electrons. The lowest BCUT2D eigenvalue weighted by Crippen LogP contribution is -2.34. The van der Waals surface area contributed by atoms with Gasteiger partial charge in [0.2, 0.25) is 0 Å². The first-order valence-electron chi connectivity index (χ1n) is 5.90. The highest BCUT2D eigenvalue weighted by Crippen LogP contribution is 2.20. The van der Waals surface area contributed by atoms with Crippen molar-refractivity contribution in [3.63, 3.8) is 0 Å². The van der Waals surface area contributed by atoms with Crippen molar-refractivity contribution in [3.8, 4) is 0 Å². The first-order chi connectivity index (χ1) is 8.59. The Bertz CT molecular complexity index is 447. The van der Waals surface area contributed by atoms with Crippen LogP contribution in [0.2, 0.25) is 0 Å². The van der Waals surface area contributed by atoms with Gasteiger partial charge in [-0.2, -0.15) is 0 Å². The van der Waals surface area contributed by atoms with Crippen molar-refractivity contribution < 1.29 is 13.9 Å². The number of rotatable bonds is 3. The number of nitrogens with zero attached hydrogens (tertiary/aromatic N) is 1. The topological polar surface area (TPSA) is 29.5 Å². The predicted octanol–water partition coefficient (Wildman–Crippen LogP) is 2.84. The summed E-state index contributed by atoms with van der Waals surface area (Å²) in [5.41, 5.74) is 0.0878. The van der Waals surface area contributed by atoms with E-state index < -0.39 is 5.82 Å². The van der Waals surface area contributed by atoms with Crippen LogP contribution in [-0.4, -0.2) is 37.1 Å². The maximum atomic E-state index is 13.8. The van der Waals surface area contributed by atoms with Crippen LogP contribution < -0.4 is 0 Å². The summed E-state index contributed by atoms with van der Waals surface area (Å²) >= 11 is 3.08. The van der Waals surface area contributed by atoms with Crippen LogP contribution in [0.15, 0.2) is 22.7 Å². The molecule has 0 saturated carbocycles. The summed E-state index contributed by atoms with van der Waals surface area (Å²) in [6.45, 7) is 1.25. The van der Waals surface area contributed by atoms with Gasteiger partial charge in [-0.3, -0.25) is 4.79 Å². The van der Waals surface area contributed by atoms with Crippen LogP contribution in [0, 0.1) is 5.82 Å². The predicted molar refractivity (Wildman–Crippen MR) is 70.0 cm³/mol. The highest BCUT2D eigenvalue weighted by molar-refractivity contribution is 9.10. The Balaban J connectivity index is 2.07. The second-order valence-electron chi connectivity index (χ2n) is 4.42. The van der Waals surface area contributed by atoms with Gasteiger partial charge in [-0.1, -0.05) is 6.07 Å². The van der Waals surface area contributed by atoms with Gasteiger partial charge in [0, 0.05) is 20.2 Å². The standard InChI is InChI=1S/C13H15BrFNO2/c1-16(8-9-4-3-7-18-9)13(17)10-5-2-6-11(14)12(10)15/h2,5-6,9H,3-4,7-8H2,1H3. The summed E-state index contributed by atoms with van der Waals surface area (Å²) < 4.78 is 19.6. The molecule has 98 valence electrons. The van der Waals surface area contributed by atoms with Crippen molar-refractivity contribution in [3.05, 3.63) is 34.1 Å². The van der Waals surface area contributed by atoms with E-state index >= 15 is 0 Å². The molecule has 1 aromatic carbocycles. The van der Waals surface area contributed by atoms with Crippen molar-refractivity contribution in [2.45, 2.75) is 18.9 Å². The van der Waals surface area contributed by atoms with Crippen molar-refractivity contribution >= 4 is 21.8 Å². The number of hydrogen-bond donors (Lipinski definition) is 0. The van der Waals surface area contributed by atoms with Crippen LogP contribution in [0.25, 0.3) is 0 Å². The third-order valence-electron chi connectivity index (χ3n) is 3.03. The third-order valence-corrected chi connectivity index (χ3v) is 3.64. The molecular weight excluding hydrogens is 301 g/mol. The Morgan fingerprint density at radius 2 is 2.39 bits per heavy atom. The summed E-state index contributed by atoms with van der Waals surface area (Å²) in [5.74, 6) is -0.828.